The van der Waals surface area contributed by atoms with Crippen LogP contribution in [0.4, 0.5) is 5.69 Å². The van der Waals surface area contributed by atoms with E-state index in [1.165, 1.54) is 6.07 Å². The van der Waals surface area contributed by atoms with Crippen LogP contribution in [-0.4, -0.2) is 11.0 Å². The zero-order valence-corrected chi connectivity index (χ0v) is 11.7. The number of benzene rings is 2. The van der Waals surface area contributed by atoms with E-state index in [2.05, 4.69) is 19.2 Å². The number of nitro groups is 1. The van der Waals surface area contributed by atoms with Crippen LogP contribution in [0.15, 0.2) is 48.5 Å². The molecule has 0 aliphatic heterocycles. The molecule has 0 heterocycles. The highest BCUT2D eigenvalue weighted by molar-refractivity contribution is 5.69. The quantitative estimate of drug-likeness (QED) is 0.664. The lowest BCUT2D eigenvalue weighted by molar-refractivity contribution is -0.384. The molecule has 20 heavy (non-hydrogen) atoms. The number of nitrogens with one attached hydrogen (secondary N) is 1. The number of nitro benzene ring substituents is 1. The van der Waals surface area contributed by atoms with Crippen molar-refractivity contribution in [1.29, 1.82) is 0 Å². The summed E-state index contributed by atoms with van der Waals surface area (Å²) in [6.45, 7) is 4.93. The third-order valence-electron chi connectivity index (χ3n) is 3.09. The SMILES string of the molecule is CC(C)NCc1ccccc1-c1cccc([N+](=O)[O-])c1. The molecule has 2 aromatic carbocycles. The lowest BCUT2D eigenvalue weighted by atomic mass is 9.99. The molecule has 0 radical (unpaired) electrons. The van der Waals surface area contributed by atoms with Crippen molar-refractivity contribution < 1.29 is 4.92 Å². The fourth-order valence-corrected chi connectivity index (χ4v) is 2.06. The zero-order chi connectivity index (χ0) is 14.5. The van der Waals surface area contributed by atoms with Crippen molar-refractivity contribution >= 4 is 5.69 Å². The summed E-state index contributed by atoms with van der Waals surface area (Å²) in [4.78, 5) is 10.5. The minimum absolute atomic E-state index is 0.120. The average molecular weight is 270 g/mol. The topological polar surface area (TPSA) is 55.2 Å². The van der Waals surface area contributed by atoms with Crippen molar-refractivity contribution in [3.63, 3.8) is 0 Å². The first-order chi connectivity index (χ1) is 9.58. The van der Waals surface area contributed by atoms with Gasteiger partial charge in [-0.15, -0.1) is 0 Å². The lowest BCUT2D eigenvalue weighted by Gasteiger charge is -2.12. The number of rotatable bonds is 5. The van der Waals surface area contributed by atoms with Crippen molar-refractivity contribution in [2.75, 3.05) is 0 Å². The summed E-state index contributed by atoms with van der Waals surface area (Å²) in [5.41, 5.74) is 3.17. The van der Waals surface area contributed by atoms with Crippen LogP contribution in [0.2, 0.25) is 0 Å². The smallest absolute Gasteiger partial charge is 0.270 e. The summed E-state index contributed by atoms with van der Waals surface area (Å²) < 4.78 is 0. The molecule has 2 rings (SSSR count). The van der Waals surface area contributed by atoms with Crippen LogP contribution < -0.4 is 5.32 Å². The lowest BCUT2D eigenvalue weighted by Crippen LogP contribution is -2.22. The van der Waals surface area contributed by atoms with E-state index in [1.807, 2.05) is 30.3 Å². The van der Waals surface area contributed by atoms with Crippen molar-refractivity contribution in [2.24, 2.45) is 0 Å². The Hall–Kier alpha value is -2.20. The normalized spacial score (nSPS) is 10.8. The number of non-ortho nitro benzene ring substituents is 1. The van der Waals surface area contributed by atoms with Gasteiger partial charge in [0.05, 0.1) is 4.92 Å². The first-order valence-corrected chi connectivity index (χ1v) is 6.64. The first-order valence-electron chi connectivity index (χ1n) is 6.64. The number of hydrogen-bond donors (Lipinski definition) is 1. The largest absolute Gasteiger partial charge is 0.310 e. The van der Waals surface area contributed by atoms with E-state index in [0.29, 0.717) is 6.04 Å². The van der Waals surface area contributed by atoms with Gasteiger partial charge in [-0.2, -0.15) is 0 Å². The first kappa shape index (κ1) is 14.2. The second kappa shape index (κ2) is 6.30. The van der Waals surface area contributed by atoms with Crippen molar-refractivity contribution in [1.82, 2.24) is 5.32 Å². The maximum atomic E-state index is 10.9. The molecule has 0 atom stereocenters. The van der Waals surface area contributed by atoms with Gasteiger partial charge in [-0.1, -0.05) is 50.2 Å². The Morgan fingerprint density at radius 3 is 2.60 bits per heavy atom. The summed E-state index contributed by atoms with van der Waals surface area (Å²) in [5.74, 6) is 0. The van der Waals surface area contributed by atoms with Crippen molar-refractivity contribution in [2.45, 2.75) is 26.4 Å². The summed E-state index contributed by atoms with van der Waals surface area (Å²) in [6, 6.07) is 15.1. The molecule has 0 fully saturated rings. The minimum atomic E-state index is -0.363. The molecule has 0 spiro atoms. The molecule has 1 N–H and O–H groups in total. The van der Waals surface area contributed by atoms with E-state index >= 15 is 0 Å². The van der Waals surface area contributed by atoms with Gasteiger partial charge in [-0.25, -0.2) is 0 Å². The molecular formula is C16H18N2O2. The van der Waals surface area contributed by atoms with Crippen LogP contribution in [0.5, 0.6) is 0 Å². The van der Waals surface area contributed by atoms with Crippen LogP contribution in [0.3, 0.4) is 0 Å². The molecular weight excluding hydrogens is 252 g/mol. The van der Waals surface area contributed by atoms with Crippen molar-refractivity contribution in [3.05, 3.63) is 64.2 Å². The van der Waals surface area contributed by atoms with E-state index < -0.39 is 0 Å². The molecule has 4 heteroatoms. The molecule has 0 unspecified atom stereocenters. The Kier molecular flexibility index (Phi) is 4.48. The maximum Gasteiger partial charge on any atom is 0.270 e. The van der Waals surface area contributed by atoms with Gasteiger partial charge in [0.2, 0.25) is 0 Å². The van der Waals surface area contributed by atoms with Gasteiger partial charge in [0.15, 0.2) is 0 Å². The fraction of sp³-hybridized carbons (Fsp3) is 0.250. The van der Waals surface area contributed by atoms with E-state index in [9.17, 15) is 10.1 Å². The van der Waals surface area contributed by atoms with Gasteiger partial charge in [0.25, 0.3) is 5.69 Å². The van der Waals surface area contributed by atoms with Gasteiger partial charge in [-0.3, -0.25) is 10.1 Å². The van der Waals surface area contributed by atoms with E-state index in [-0.39, 0.29) is 10.6 Å². The molecule has 0 amide bonds. The number of nitrogens with zero attached hydrogens (tertiary/aromatic N) is 1. The third kappa shape index (κ3) is 3.42. The van der Waals surface area contributed by atoms with Crippen LogP contribution in [0, 0.1) is 10.1 Å². The highest BCUT2D eigenvalue weighted by Gasteiger charge is 2.10. The Labute approximate surface area is 118 Å². The van der Waals surface area contributed by atoms with Gasteiger partial charge >= 0.3 is 0 Å². The van der Waals surface area contributed by atoms with Crippen LogP contribution in [0.25, 0.3) is 11.1 Å². The van der Waals surface area contributed by atoms with Crippen LogP contribution >= 0.6 is 0 Å². The number of hydrogen-bond acceptors (Lipinski definition) is 3. The second-order valence-electron chi connectivity index (χ2n) is 5.00. The Morgan fingerprint density at radius 1 is 1.15 bits per heavy atom. The molecule has 0 aliphatic carbocycles. The van der Waals surface area contributed by atoms with E-state index in [0.717, 1.165) is 23.2 Å². The minimum Gasteiger partial charge on any atom is -0.310 e. The summed E-state index contributed by atoms with van der Waals surface area (Å²) >= 11 is 0. The monoisotopic (exact) mass is 270 g/mol. The standard InChI is InChI=1S/C16H18N2O2/c1-12(2)17-11-14-6-3-4-9-16(14)13-7-5-8-15(10-13)18(19)20/h3-10,12,17H,11H2,1-2H3. The van der Waals surface area contributed by atoms with E-state index in [1.54, 1.807) is 12.1 Å². The van der Waals surface area contributed by atoms with Gasteiger partial charge in [0, 0.05) is 24.7 Å². The third-order valence-corrected chi connectivity index (χ3v) is 3.09. The Morgan fingerprint density at radius 2 is 1.90 bits per heavy atom. The van der Waals surface area contributed by atoms with Crippen molar-refractivity contribution in [3.8, 4) is 11.1 Å². The molecule has 2 aromatic rings. The van der Waals surface area contributed by atoms with Gasteiger partial charge in [0.1, 0.15) is 0 Å². The highest BCUT2D eigenvalue weighted by atomic mass is 16.6. The second-order valence-corrected chi connectivity index (χ2v) is 5.00. The summed E-state index contributed by atoms with van der Waals surface area (Å²) in [7, 11) is 0. The molecule has 0 saturated heterocycles. The Bertz CT molecular complexity index is 609. The highest BCUT2D eigenvalue weighted by Crippen LogP contribution is 2.26. The average Bonchev–Trinajstić information content (AvgIpc) is 2.45. The van der Waals surface area contributed by atoms with E-state index in [4.69, 9.17) is 0 Å². The summed E-state index contributed by atoms with van der Waals surface area (Å²) in [5, 5.41) is 14.3. The maximum absolute atomic E-state index is 10.9. The molecule has 4 nitrogen and oxygen atoms in total. The van der Waals surface area contributed by atoms with Gasteiger partial charge < -0.3 is 5.32 Å². The predicted molar refractivity (Wildman–Crippen MR) is 80.5 cm³/mol. The molecule has 104 valence electrons. The van der Waals surface area contributed by atoms with Crippen LogP contribution in [0.1, 0.15) is 19.4 Å². The molecule has 0 bridgehead atoms. The van der Waals surface area contributed by atoms with Crippen LogP contribution in [-0.2, 0) is 6.54 Å². The Balaban J connectivity index is 2.37. The predicted octanol–water partition coefficient (Wildman–Crippen LogP) is 3.76. The summed E-state index contributed by atoms with van der Waals surface area (Å²) in [6.07, 6.45) is 0. The zero-order valence-electron chi connectivity index (χ0n) is 11.7. The molecule has 0 aromatic heterocycles. The molecule has 0 saturated carbocycles. The molecule has 0 aliphatic rings. The van der Waals surface area contributed by atoms with Gasteiger partial charge in [-0.05, 0) is 16.7 Å². The fourth-order valence-electron chi connectivity index (χ4n) is 2.06.